The fraction of sp³-hybridized carbons (Fsp3) is 0.278. The van der Waals surface area contributed by atoms with Gasteiger partial charge in [0.25, 0.3) is 0 Å². The van der Waals surface area contributed by atoms with Gasteiger partial charge in [-0.05, 0) is 48.2 Å². The van der Waals surface area contributed by atoms with Crippen LogP contribution in [0.15, 0.2) is 42.5 Å². The van der Waals surface area contributed by atoms with Crippen LogP contribution in [-0.4, -0.2) is 5.91 Å². The Labute approximate surface area is 135 Å². The second kappa shape index (κ2) is 6.93. The number of hydrogen-bond acceptors (Lipinski definition) is 1. The summed E-state index contributed by atoms with van der Waals surface area (Å²) < 4.78 is 13.6. The lowest BCUT2D eigenvalue weighted by Gasteiger charge is -2.21. The molecule has 0 saturated carbocycles. The largest absolute Gasteiger partial charge is 0.325 e. The molecule has 4 heteroatoms. The Balaban J connectivity index is 2.23. The highest BCUT2D eigenvalue weighted by Gasteiger charge is 2.24. The molecule has 1 atom stereocenters. The lowest BCUT2D eigenvalue weighted by atomic mass is 9.87. The van der Waals surface area contributed by atoms with E-state index in [-0.39, 0.29) is 23.6 Å². The normalized spacial score (nSPS) is 12.3. The predicted octanol–water partition coefficient (Wildman–Crippen LogP) is 5.17. The average molecular weight is 320 g/mol. The van der Waals surface area contributed by atoms with Gasteiger partial charge in [0, 0.05) is 10.7 Å². The first-order valence-corrected chi connectivity index (χ1v) is 7.58. The Bertz CT molecular complexity index is 667. The number of halogens is 2. The van der Waals surface area contributed by atoms with Crippen LogP contribution in [0.4, 0.5) is 10.1 Å². The number of amides is 1. The third kappa shape index (κ3) is 3.86. The van der Waals surface area contributed by atoms with Gasteiger partial charge in [-0.15, -0.1) is 0 Å². The Hall–Kier alpha value is -1.87. The van der Waals surface area contributed by atoms with E-state index in [0.29, 0.717) is 16.3 Å². The molecule has 2 aromatic rings. The number of hydrogen-bond donors (Lipinski definition) is 1. The van der Waals surface area contributed by atoms with Crippen molar-refractivity contribution in [2.75, 3.05) is 5.32 Å². The molecule has 2 aromatic carbocycles. The Morgan fingerprint density at radius 1 is 1.14 bits per heavy atom. The van der Waals surface area contributed by atoms with Gasteiger partial charge in [-0.1, -0.05) is 43.6 Å². The fourth-order valence-electron chi connectivity index (χ4n) is 2.40. The molecule has 0 aliphatic heterocycles. The number of anilines is 1. The minimum atomic E-state index is -0.328. The Kier molecular flexibility index (Phi) is 5.19. The summed E-state index contributed by atoms with van der Waals surface area (Å²) in [5.41, 5.74) is 1.91. The third-order valence-corrected chi connectivity index (χ3v) is 3.87. The van der Waals surface area contributed by atoms with Crippen LogP contribution in [0.1, 0.15) is 30.9 Å². The van der Waals surface area contributed by atoms with Crippen LogP contribution in [0.25, 0.3) is 0 Å². The van der Waals surface area contributed by atoms with Crippen molar-refractivity contribution in [3.63, 3.8) is 0 Å². The van der Waals surface area contributed by atoms with E-state index in [1.807, 2.05) is 26.0 Å². The molecular weight excluding hydrogens is 301 g/mol. The number of benzene rings is 2. The minimum Gasteiger partial charge on any atom is -0.325 e. The fourth-order valence-corrected chi connectivity index (χ4v) is 2.53. The Morgan fingerprint density at radius 3 is 2.32 bits per heavy atom. The molecule has 116 valence electrons. The Morgan fingerprint density at radius 2 is 1.77 bits per heavy atom. The van der Waals surface area contributed by atoms with E-state index in [4.69, 9.17) is 11.6 Å². The van der Waals surface area contributed by atoms with Crippen molar-refractivity contribution in [3.05, 3.63) is 64.4 Å². The highest BCUT2D eigenvalue weighted by atomic mass is 35.5. The van der Waals surface area contributed by atoms with Gasteiger partial charge in [0.05, 0.1) is 5.92 Å². The van der Waals surface area contributed by atoms with Crippen molar-refractivity contribution in [2.24, 2.45) is 5.92 Å². The lowest BCUT2D eigenvalue weighted by Crippen LogP contribution is -2.25. The van der Waals surface area contributed by atoms with Crippen LogP contribution in [0.2, 0.25) is 5.02 Å². The SMILES string of the molecule is Cc1ccc(NC(=O)C(c2ccc(Cl)cc2)C(C)C)cc1F. The topological polar surface area (TPSA) is 29.1 Å². The van der Waals surface area contributed by atoms with E-state index < -0.39 is 0 Å². The molecule has 1 N–H and O–H groups in total. The van der Waals surface area contributed by atoms with Crippen LogP contribution >= 0.6 is 11.6 Å². The zero-order valence-electron chi connectivity index (χ0n) is 12.9. The van der Waals surface area contributed by atoms with E-state index in [2.05, 4.69) is 5.32 Å². The van der Waals surface area contributed by atoms with Crippen molar-refractivity contribution >= 4 is 23.2 Å². The molecule has 0 aliphatic carbocycles. The minimum absolute atomic E-state index is 0.108. The summed E-state index contributed by atoms with van der Waals surface area (Å²) in [6.45, 7) is 5.65. The smallest absolute Gasteiger partial charge is 0.232 e. The number of rotatable bonds is 4. The number of carbonyl (C=O) groups is 1. The third-order valence-electron chi connectivity index (χ3n) is 3.62. The summed E-state index contributed by atoms with van der Waals surface area (Å²) in [4.78, 5) is 12.6. The van der Waals surface area contributed by atoms with Gasteiger partial charge in [0.15, 0.2) is 0 Å². The second-order valence-corrected chi connectivity index (χ2v) is 6.16. The molecule has 1 unspecified atom stereocenters. The van der Waals surface area contributed by atoms with Crippen molar-refractivity contribution in [3.8, 4) is 0 Å². The molecule has 0 radical (unpaired) electrons. The highest BCUT2D eigenvalue weighted by molar-refractivity contribution is 6.30. The van der Waals surface area contributed by atoms with Gasteiger partial charge < -0.3 is 5.32 Å². The molecule has 0 saturated heterocycles. The highest BCUT2D eigenvalue weighted by Crippen LogP contribution is 2.27. The standard InChI is InChI=1S/C18H19ClFNO/c1-11(2)17(13-5-7-14(19)8-6-13)18(22)21-15-9-4-12(3)16(20)10-15/h4-11,17H,1-3H3,(H,21,22). The first-order valence-electron chi connectivity index (χ1n) is 7.21. The van der Waals surface area contributed by atoms with Gasteiger partial charge >= 0.3 is 0 Å². The van der Waals surface area contributed by atoms with Crippen molar-refractivity contribution in [1.82, 2.24) is 0 Å². The van der Waals surface area contributed by atoms with E-state index in [9.17, 15) is 9.18 Å². The van der Waals surface area contributed by atoms with Crippen molar-refractivity contribution in [1.29, 1.82) is 0 Å². The quantitative estimate of drug-likeness (QED) is 0.828. The van der Waals surface area contributed by atoms with Gasteiger partial charge in [-0.25, -0.2) is 4.39 Å². The summed E-state index contributed by atoms with van der Waals surface area (Å²) in [6, 6.07) is 11.9. The molecule has 0 aliphatic rings. The monoisotopic (exact) mass is 319 g/mol. The zero-order valence-corrected chi connectivity index (χ0v) is 13.6. The molecular formula is C18H19ClFNO. The summed E-state index contributed by atoms with van der Waals surface area (Å²) >= 11 is 5.90. The van der Waals surface area contributed by atoms with Crippen molar-refractivity contribution in [2.45, 2.75) is 26.7 Å². The molecule has 0 aromatic heterocycles. The number of carbonyl (C=O) groups excluding carboxylic acids is 1. The van der Waals surface area contributed by atoms with Crippen LogP contribution in [0.5, 0.6) is 0 Å². The van der Waals surface area contributed by atoms with Crippen LogP contribution < -0.4 is 5.32 Å². The maximum Gasteiger partial charge on any atom is 0.232 e. The van der Waals surface area contributed by atoms with E-state index in [1.54, 1.807) is 31.2 Å². The molecule has 0 bridgehead atoms. The first kappa shape index (κ1) is 16.5. The average Bonchev–Trinajstić information content (AvgIpc) is 2.45. The molecule has 2 rings (SSSR count). The van der Waals surface area contributed by atoms with Crippen LogP contribution in [-0.2, 0) is 4.79 Å². The molecule has 1 amide bonds. The molecule has 0 fully saturated rings. The summed E-state index contributed by atoms with van der Waals surface area (Å²) in [7, 11) is 0. The van der Waals surface area contributed by atoms with E-state index in [0.717, 1.165) is 5.56 Å². The van der Waals surface area contributed by atoms with Crippen LogP contribution in [0.3, 0.4) is 0 Å². The lowest BCUT2D eigenvalue weighted by molar-refractivity contribution is -0.118. The molecule has 2 nitrogen and oxygen atoms in total. The van der Waals surface area contributed by atoms with E-state index in [1.165, 1.54) is 6.07 Å². The van der Waals surface area contributed by atoms with Gasteiger partial charge in [0.2, 0.25) is 5.91 Å². The maximum atomic E-state index is 13.6. The van der Waals surface area contributed by atoms with E-state index >= 15 is 0 Å². The van der Waals surface area contributed by atoms with Crippen LogP contribution in [0, 0.1) is 18.7 Å². The van der Waals surface area contributed by atoms with Gasteiger partial charge in [-0.2, -0.15) is 0 Å². The molecule has 0 spiro atoms. The number of aryl methyl sites for hydroxylation is 1. The molecule has 22 heavy (non-hydrogen) atoms. The molecule has 0 heterocycles. The zero-order chi connectivity index (χ0) is 16.3. The maximum absolute atomic E-state index is 13.6. The predicted molar refractivity (Wildman–Crippen MR) is 88.8 cm³/mol. The number of nitrogens with one attached hydrogen (secondary N) is 1. The summed E-state index contributed by atoms with van der Waals surface area (Å²) in [5, 5.41) is 3.42. The summed E-state index contributed by atoms with van der Waals surface area (Å²) in [5.74, 6) is -0.691. The van der Waals surface area contributed by atoms with Crippen molar-refractivity contribution < 1.29 is 9.18 Å². The first-order chi connectivity index (χ1) is 10.4. The van der Waals surface area contributed by atoms with Gasteiger partial charge in [-0.3, -0.25) is 4.79 Å². The van der Waals surface area contributed by atoms with Gasteiger partial charge in [0.1, 0.15) is 5.82 Å². The second-order valence-electron chi connectivity index (χ2n) is 5.73. The summed E-state index contributed by atoms with van der Waals surface area (Å²) in [6.07, 6.45) is 0.